The molecule has 0 saturated carbocycles. The molecule has 0 aromatic heterocycles. The minimum absolute atomic E-state index is 0.854. The Morgan fingerprint density at radius 2 is 1.62 bits per heavy atom. The van der Waals surface area contributed by atoms with Gasteiger partial charge in [-0.2, -0.15) is 0 Å². The molecular weight excluding hydrogens is 254 g/mol. The largest absolute Gasteiger partial charge is 0.381 e. The van der Waals surface area contributed by atoms with Crippen LogP contribution in [0.1, 0.15) is 17.5 Å². The lowest BCUT2D eigenvalue weighted by atomic mass is 10.0. The third-order valence-electron chi connectivity index (χ3n) is 3.55. The molecule has 0 fully saturated rings. The van der Waals surface area contributed by atoms with Gasteiger partial charge in [-0.25, -0.2) is 0 Å². The molecule has 0 amide bonds. The van der Waals surface area contributed by atoms with Crippen LogP contribution in [0.3, 0.4) is 0 Å². The first kappa shape index (κ1) is 13.4. The molecule has 0 bridgehead atoms. The Balaban J connectivity index is 1.74. The van der Waals surface area contributed by atoms with Crippen molar-refractivity contribution in [2.75, 3.05) is 0 Å². The smallest absolute Gasteiger partial charge is 0.0400 e. The molecule has 2 aromatic carbocycles. The van der Waals surface area contributed by atoms with Crippen molar-refractivity contribution in [1.82, 2.24) is 5.32 Å². The Hall–Kier alpha value is -2.54. The number of allylic oxidation sites excluding steroid dienone is 4. The van der Waals surface area contributed by atoms with Crippen LogP contribution in [-0.2, 0) is 6.54 Å². The van der Waals surface area contributed by atoms with E-state index in [1.165, 1.54) is 22.4 Å². The van der Waals surface area contributed by atoms with Gasteiger partial charge in [-0.3, -0.25) is 0 Å². The summed E-state index contributed by atoms with van der Waals surface area (Å²) in [6.45, 7) is 0.854. The molecule has 1 nitrogen and oxygen atoms in total. The van der Waals surface area contributed by atoms with Crippen LogP contribution in [0.25, 0.3) is 6.08 Å². The van der Waals surface area contributed by atoms with Gasteiger partial charge in [-0.1, -0.05) is 72.8 Å². The summed E-state index contributed by atoms with van der Waals surface area (Å²) < 4.78 is 0. The summed E-state index contributed by atoms with van der Waals surface area (Å²) in [5.41, 5.74) is 5.09. The first-order valence-electron chi connectivity index (χ1n) is 7.32. The van der Waals surface area contributed by atoms with Gasteiger partial charge in [0.2, 0.25) is 0 Å². The highest BCUT2D eigenvalue weighted by molar-refractivity contribution is 5.60. The van der Waals surface area contributed by atoms with Crippen molar-refractivity contribution in [3.8, 4) is 0 Å². The van der Waals surface area contributed by atoms with Gasteiger partial charge in [0.25, 0.3) is 0 Å². The van der Waals surface area contributed by atoms with E-state index in [4.69, 9.17) is 0 Å². The fourth-order valence-corrected chi connectivity index (χ4v) is 2.43. The van der Waals surface area contributed by atoms with Crippen LogP contribution in [0, 0.1) is 0 Å². The lowest BCUT2D eigenvalue weighted by Crippen LogP contribution is -2.15. The monoisotopic (exact) mass is 273 g/mol. The SMILES string of the molecule is C1=CCC(=Cc2ccccc2)C(NCc2ccccc2)=C1. The van der Waals surface area contributed by atoms with Crippen molar-refractivity contribution in [2.45, 2.75) is 13.0 Å². The van der Waals surface area contributed by atoms with Crippen molar-refractivity contribution >= 4 is 6.08 Å². The average Bonchev–Trinajstić information content (AvgIpc) is 2.56. The summed E-state index contributed by atoms with van der Waals surface area (Å²) in [6, 6.07) is 21.0. The van der Waals surface area contributed by atoms with E-state index in [-0.39, 0.29) is 0 Å². The number of nitrogens with one attached hydrogen (secondary N) is 1. The molecule has 3 rings (SSSR count). The van der Waals surface area contributed by atoms with E-state index in [2.05, 4.69) is 78.2 Å². The van der Waals surface area contributed by atoms with Gasteiger partial charge in [0.1, 0.15) is 0 Å². The molecule has 21 heavy (non-hydrogen) atoms. The van der Waals surface area contributed by atoms with E-state index in [9.17, 15) is 0 Å². The molecule has 0 aliphatic heterocycles. The summed E-state index contributed by atoms with van der Waals surface area (Å²) in [5.74, 6) is 0. The van der Waals surface area contributed by atoms with E-state index in [0.717, 1.165) is 13.0 Å². The molecule has 0 saturated heterocycles. The molecule has 0 heterocycles. The van der Waals surface area contributed by atoms with Gasteiger partial charge in [0.05, 0.1) is 0 Å². The van der Waals surface area contributed by atoms with Crippen LogP contribution < -0.4 is 5.32 Å². The van der Waals surface area contributed by atoms with Crippen LogP contribution in [-0.4, -0.2) is 0 Å². The van der Waals surface area contributed by atoms with E-state index in [0.29, 0.717) is 0 Å². The standard InChI is InChI=1S/C20H19N/c1-3-9-17(10-4-1)15-19-13-7-8-14-20(19)21-16-18-11-5-2-6-12-18/h1-12,14-15,21H,13,16H2. The molecule has 0 atom stereocenters. The second-order valence-corrected chi connectivity index (χ2v) is 5.13. The summed E-state index contributed by atoms with van der Waals surface area (Å²) in [7, 11) is 0. The molecule has 1 N–H and O–H groups in total. The van der Waals surface area contributed by atoms with Gasteiger partial charge in [-0.05, 0) is 35.3 Å². The highest BCUT2D eigenvalue weighted by Crippen LogP contribution is 2.21. The lowest BCUT2D eigenvalue weighted by Gasteiger charge is -2.16. The quantitative estimate of drug-likeness (QED) is 0.851. The molecule has 104 valence electrons. The highest BCUT2D eigenvalue weighted by atomic mass is 14.9. The molecule has 2 aromatic rings. The molecule has 1 aliphatic carbocycles. The second-order valence-electron chi connectivity index (χ2n) is 5.13. The predicted molar refractivity (Wildman–Crippen MR) is 89.5 cm³/mol. The maximum atomic E-state index is 3.55. The Kier molecular flexibility index (Phi) is 4.33. The first-order valence-corrected chi connectivity index (χ1v) is 7.32. The summed E-state index contributed by atoms with van der Waals surface area (Å²) >= 11 is 0. The third kappa shape index (κ3) is 3.73. The second kappa shape index (κ2) is 6.76. The Labute approximate surface area is 126 Å². The van der Waals surface area contributed by atoms with E-state index >= 15 is 0 Å². The minimum Gasteiger partial charge on any atom is -0.381 e. The zero-order valence-corrected chi connectivity index (χ0v) is 12.0. The van der Waals surface area contributed by atoms with Gasteiger partial charge < -0.3 is 5.32 Å². The van der Waals surface area contributed by atoms with Crippen LogP contribution >= 0.6 is 0 Å². The lowest BCUT2D eigenvalue weighted by molar-refractivity contribution is 0.811. The summed E-state index contributed by atoms with van der Waals surface area (Å²) in [6.07, 6.45) is 9.70. The molecule has 1 aliphatic rings. The fourth-order valence-electron chi connectivity index (χ4n) is 2.43. The molecule has 0 spiro atoms. The maximum Gasteiger partial charge on any atom is 0.0400 e. The van der Waals surface area contributed by atoms with Crippen molar-refractivity contribution < 1.29 is 0 Å². The Bertz CT molecular complexity index is 663. The van der Waals surface area contributed by atoms with Crippen molar-refractivity contribution in [1.29, 1.82) is 0 Å². The number of hydrogen-bond acceptors (Lipinski definition) is 1. The minimum atomic E-state index is 0.854. The van der Waals surface area contributed by atoms with Crippen molar-refractivity contribution in [3.63, 3.8) is 0 Å². The van der Waals surface area contributed by atoms with Crippen LogP contribution in [0.5, 0.6) is 0 Å². The van der Waals surface area contributed by atoms with Crippen molar-refractivity contribution in [3.05, 3.63) is 101 Å². The van der Waals surface area contributed by atoms with Crippen LogP contribution in [0.2, 0.25) is 0 Å². The summed E-state index contributed by atoms with van der Waals surface area (Å²) in [4.78, 5) is 0. The van der Waals surface area contributed by atoms with Gasteiger partial charge in [0.15, 0.2) is 0 Å². The summed E-state index contributed by atoms with van der Waals surface area (Å²) in [5, 5.41) is 3.55. The maximum absolute atomic E-state index is 3.55. The zero-order chi connectivity index (χ0) is 14.3. The van der Waals surface area contributed by atoms with Crippen LogP contribution in [0.15, 0.2) is 90.2 Å². The number of benzene rings is 2. The highest BCUT2D eigenvalue weighted by Gasteiger charge is 2.06. The topological polar surface area (TPSA) is 12.0 Å². The van der Waals surface area contributed by atoms with Crippen molar-refractivity contribution in [2.24, 2.45) is 0 Å². The Morgan fingerprint density at radius 3 is 2.38 bits per heavy atom. The third-order valence-corrected chi connectivity index (χ3v) is 3.55. The zero-order valence-electron chi connectivity index (χ0n) is 12.0. The van der Waals surface area contributed by atoms with E-state index in [1.54, 1.807) is 0 Å². The number of hydrogen-bond donors (Lipinski definition) is 1. The first-order chi connectivity index (χ1) is 10.4. The van der Waals surface area contributed by atoms with Gasteiger partial charge >= 0.3 is 0 Å². The molecule has 0 radical (unpaired) electrons. The molecule has 0 unspecified atom stereocenters. The van der Waals surface area contributed by atoms with E-state index < -0.39 is 0 Å². The van der Waals surface area contributed by atoms with Gasteiger partial charge in [0, 0.05) is 12.2 Å². The van der Waals surface area contributed by atoms with Gasteiger partial charge in [-0.15, -0.1) is 0 Å². The van der Waals surface area contributed by atoms with Crippen LogP contribution in [0.4, 0.5) is 0 Å². The molecular formula is C20H19N. The Morgan fingerprint density at radius 1 is 0.905 bits per heavy atom. The fraction of sp³-hybridized carbons (Fsp3) is 0.100. The normalized spacial score (nSPS) is 15.8. The molecule has 1 heteroatoms. The predicted octanol–water partition coefficient (Wildman–Crippen LogP) is 4.70. The average molecular weight is 273 g/mol. The van der Waals surface area contributed by atoms with E-state index in [1.807, 2.05) is 12.1 Å². The number of rotatable bonds is 4.